The van der Waals surface area contributed by atoms with E-state index in [0.29, 0.717) is 25.6 Å². The highest BCUT2D eigenvalue weighted by molar-refractivity contribution is 4.84. The smallest absolute Gasteiger partial charge is 0.146 e. The van der Waals surface area contributed by atoms with Gasteiger partial charge < -0.3 is 14.2 Å². The summed E-state index contributed by atoms with van der Waals surface area (Å²) in [6.07, 6.45) is 14.5. The van der Waals surface area contributed by atoms with Crippen LogP contribution in [0.2, 0.25) is 0 Å². The Bertz CT molecular complexity index is 196. The monoisotopic (exact) mass is 272 g/mol. The molecule has 1 heterocycles. The van der Waals surface area contributed by atoms with Gasteiger partial charge in [0, 0.05) is 7.11 Å². The van der Waals surface area contributed by atoms with Crippen molar-refractivity contribution in [2.75, 3.05) is 20.5 Å². The van der Waals surface area contributed by atoms with E-state index in [1.54, 1.807) is 7.11 Å². The molecule has 0 saturated carbocycles. The molecule has 3 nitrogen and oxygen atoms in total. The first-order valence-electron chi connectivity index (χ1n) is 8.10. The van der Waals surface area contributed by atoms with E-state index in [4.69, 9.17) is 14.2 Å². The Labute approximate surface area is 119 Å². The second-order valence-electron chi connectivity index (χ2n) is 5.61. The second kappa shape index (κ2) is 11.7. The van der Waals surface area contributed by atoms with Crippen molar-refractivity contribution in [2.24, 2.45) is 0 Å². The van der Waals surface area contributed by atoms with Crippen LogP contribution in [0.25, 0.3) is 0 Å². The molecule has 1 rings (SSSR count). The van der Waals surface area contributed by atoms with Crippen molar-refractivity contribution < 1.29 is 14.2 Å². The molecule has 1 fully saturated rings. The van der Waals surface area contributed by atoms with Crippen LogP contribution in [0.3, 0.4) is 0 Å². The van der Waals surface area contributed by atoms with Crippen molar-refractivity contribution in [1.29, 1.82) is 0 Å². The topological polar surface area (TPSA) is 31.0 Å². The number of ether oxygens (including phenoxy) is 3. The van der Waals surface area contributed by atoms with Gasteiger partial charge >= 0.3 is 0 Å². The Hall–Kier alpha value is -0.120. The largest absolute Gasteiger partial charge is 0.367 e. The summed E-state index contributed by atoms with van der Waals surface area (Å²) in [6.45, 7) is 3.34. The predicted octanol–water partition coefficient (Wildman–Crippen LogP) is 4.30. The summed E-state index contributed by atoms with van der Waals surface area (Å²) in [4.78, 5) is 0. The van der Waals surface area contributed by atoms with Gasteiger partial charge in [-0.1, -0.05) is 64.7 Å². The van der Waals surface area contributed by atoms with Crippen LogP contribution in [0.4, 0.5) is 0 Å². The average Bonchev–Trinajstić information content (AvgIpc) is 3.16. The highest BCUT2D eigenvalue weighted by atomic mass is 16.7. The zero-order valence-corrected chi connectivity index (χ0v) is 12.9. The minimum absolute atomic E-state index is 0.337. The molecule has 1 saturated heterocycles. The van der Waals surface area contributed by atoms with Gasteiger partial charge in [0.1, 0.15) is 12.9 Å². The fourth-order valence-electron chi connectivity index (χ4n) is 2.48. The summed E-state index contributed by atoms with van der Waals surface area (Å²) >= 11 is 0. The van der Waals surface area contributed by atoms with E-state index in [-0.39, 0.29) is 0 Å². The summed E-state index contributed by atoms with van der Waals surface area (Å²) in [7, 11) is 1.65. The zero-order valence-electron chi connectivity index (χ0n) is 12.9. The van der Waals surface area contributed by atoms with Crippen LogP contribution in [0.15, 0.2) is 0 Å². The third-order valence-corrected chi connectivity index (χ3v) is 3.76. The lowest BCUT2D eigenvalue weighted by molar-refractivity contribution is -0.0351. The molecule has 114 valence electrons. The van der Waals surface area contributed by atoms with Gasteiger partial charge in [0.05, 0.1) is 12.7 Å². The third-order valence-electron chi connectivity index (χ3n) is 3.76. The number of rotatable bonds is 14. The van der Waals surface area contributed by atoms with E-state index >= 15 is 0 Å². The van der Waals surface area contributed by atoms with Gasteiger partial charge in [0.2, 0.25) is 0 Å². The molecule has 0 amide bonds. The Morgan fingerprint density at radius 2 is 1.47 bits per heavy atom. The summed E-state index contributed by atoms with van der Waals surface area (Å²) in [6, 6.07) is 0. The summed E-state index contributed by atoms with van der Waals surface area (Å²) in [5.41, 5.74) is 0. The quantitative estimate of drug-likeness (QED) is 0.268. The maximum absolute atomic E-state index is 5.55. The molecule has 0 unspecified atom stereocenters. The summed E-state index contributed by atoms with van der Waals surface area (Å²) in [5, 5.41) is 0. The van der Waals surface area contributed by atoms with E-state index < -0.39 is 0 Å². The third kappa shape index (κ3) is 9.42. The van der Waals surface area contributed by atoms with E-state index in [1.165, 1.54) is 64.2 Å². The van der Waals surface area contributed by atoms with Crippen LogP contribution >= 0.6 is 0 Å². The lowest BCUT2D eigenvalue weighted by Gasteiger charge is -2.01. The molecule has 0 aliphatic carbocycles. The number of hydrogen-bond donors (Lipinski definition) is 0. The molecule has 0 aromatic rings. The van der Waals surface area contributed by atoms with Crippen molar-refractivity contribution in [1.82, 2.24) is 0 Å². The van der Waals surface area contributed by atoms with Crippen molar-refractivity contribution >= 4 is 0 Å². The number of hydrogen-bond acceptors (Lipinski definition) is 3. The number of unbranched alkanes of at least 4 members (excludes halogenated alkanes) is 8. The second-order valence-corrected chi connectivity index (χ2v) is 5.61. The van der Waals surface area contributed by atoms with Crippen LogP contribution in [-0.4, -0.2) is 32.7 Å². The van der Waals surface area contributed by atoms with Crippen LogP contribution in [0.1, 0.15) is 71.1 Å². The van der Waals surface area contributed by atoms with Gasteiger partial charge in [-0.3, -0.25) is 0 Å². The van der Waals surface area contributed by atoms with Crippen LogP contribution < -0.4 is 0 Å². The van der Waals surface area contributed by atoms with Gasteiger partial charge in [-0.25, -0.2) is 0 Å². The van der Waals surface area contributed by atoms with Crippen molar-refractivity contribution in [3.63, 3.8) is 0 Å². The minimum atomic E-state index is 0.337. The van der Waals surface area contributed by atoms with Gasteiger partial charge in [0.25, 0.3) is 0 Å². The zero-order chi connectivity index (χ0) is 13.8. The predicted molar refractivity (Wildman–Crippen MR) is 78.3 cm³/mol. The highest BCUT2D eigenvalue weighted by Crippen LogP contribution is 2.27. The molecule has 19 heavy (non-hydrogen) atoms. The van der Waals surface area contributed by atoms with Crippen LogP contribution in [-0.2, 0) is 14.2 Å². The SMILES string of the molecule is CCCCCCCCCCC[C@H]1O[C@@H]1COCOC. The lowest BCUT2D eigenvalue weighted by atomic mass is 10.1. The molecule has 0 aromatic carbocycles. The number of epoxide rings is 1. The first-order valence-corrected chi connectivity index (χ1v) is 8.10. The highest BCUT2D eigenvalue weighted by Gasteiger charge is 2.37. The lowest BCUT2D eigenvalue weighted by Crippen LogP contribution is -2.06. The maximum Gasteiger partial charge on any atom is 0.146 e. The Morgan fingerprint density at radius 3 is 2.11 bits per heavy atom. The van der Waals surface area contributed by atoms with Crippen LogP contribution in [0.5, 0.6) is 0 Å². The molecule has 0 spiro atoms. The Kier molecular flexibility index (Phi) is 10.4. The minimum Gasteiger partial charge on any atom is -0.367 e. The van der Waals surface area contributed by atoms with Crippen molar-refractivity contribution in [3.8, 4) is 0 Å². The molecule has 0 aromatic heterocycles. The molecule has 0 bridgehead atoms. The van der Waals surface area contributed by atoms with Gasteiger partial charge in [-0.15, -0.1) is 0 Å². The fourth-order valence-corrected chi connectivity index (χ4v) is 2.48. The van der Waals surface area contributed by atoms with E-state index in [9.17, 15) is 0 Å². The maximum atomic E-state index is 5.55. The van der Waals surface area contributed by atoms with Crippen molar-refractivity contribution in [3.05, 3.63) is 0 Å². The molecular weight excluding hydrogens is 240 g/mol. The fraction of sp³-hybridized carbons (Fsp3) is 1.00. The average molecular weight is 272 g/mol. The molecule has 1 aliphatic heterocycles. The summed E-state index contributed by atoms with van der Waals surface area (Å²) < 4.78 is 15.7. The molecule has 0 N–H and O–H groups in total. The summed E-state index contributed by atoms with van der Waals surface area (Å²) in [5.74, 6) is 0. The molecular formula is C16H32O3. The molecule has 3 heteroatoms. The normalized spacial score (nSPS) is 21.8. The molecule has 0 radical (unpaired) electrons. The standard InChI is InChI=1S/C16H32O3/c1-3-4-5-6-7-8-9-10-11-12-15-16(19-15)13-18-14-17-2/h15-16H,3-14H2,1-2H3/t15-,16-/m1/s1. The molecule has 2 atom stereocenters. The number of methoxy groups -OCH3 is 1. The molecule has 1 aliphatic rings. The van der Waals surface area contributed by atoms with E-state index in [1.807, 2.05) is 0 Å². The Balaban J connectivity index is 1.73. The van der Waals surface area contributed by atoms with Gasteiger partial charge in [0.15, 0.2) is 0 Å². The van der Waals surface area contributed by atoms with Crippen molar-refractivity contribution in [2.45, 2.75) is 83.3 Å². The first-order chi connectivity index (χ1) is 9.38. The first kappa shape index (κ1) is 16.9. The van der Waals surface area contributed by atoms with E-state index in [0.717, 1.165) is 0 Å². The van der Waals surface area contributed by atoms with Crippen LogP contribution in [0, 0.1) is 0 Å². The van der Waals surface area contributed by atoms with Gasteiger partial charge in [-0.2, -0.15) is 0 Å². The van der Waals surface area contributed by atoms with E-state index in [2.05, 4.69) is 6.92 Å². The Morgan fingerprint density at radius 1 is 0.842 bits per heavy atom. The van der Waals surface area contributed by atoms with Gasteiger partial charge in [-0.05, 0) is 6.42 Å².